The minimum atomic E-state index is -0.227. The van der Waals surface area contributed by atoms with Crippen molar-refractivity contribution in [3.63, 3.8) is 0 Å². The molecule has 4 nitrogen and oxygen atoms in total. The van der Waals surface area contributed by atoms with Gasteiger partial charge in [0.05, 0.1) is 0 Å². The second kappa shape index (κ2) is 6.49. The van der Waals surface area contributed by atoms with Gasteiger partial charge < -0.3 is 9.47 Å². The highest BCUT2D eigenvalue weighted by molar-refractivity contribution is 5.67. The summed E-state index contributed by atoms with van der Waals surface area (Å²) in [7, 11) is 0. The third kappa shape index (κ3) is 2.96. The predicted molar refractivity (Wildman–Crippen MR) is 102 cm³/mol. The van der Waals surface area contributed by atoms with E-state index in [1.165, 1.54) is 32.3 Å². The van der Waals surface area contributed by atoms with E-state index in [9.17, 15) is 9.59 Å². The number of hydrogen-bond donors (Lipinski definition) is 0. The van der Waals surface area contributed by atoms with E-state index < -0.39 is 0 Å². The van der Waals surface area contributed by atoms with Crippen molar-refractivity contribution in [1.29, 1.82) is 0 Å². The van der Waals surface area contributed by atoms with Gasteiger partial charge in [0.25, 0.3) is 0 Å². The highest BCUT2D eigenvalue weighted by Gasteiger charge is 2.59. The lowest BCUT2D eigenvalue weighted by molar-refractivity contribution is -0.156. The Kier molecular flexibility index (Phi) is 4.51. The maximum Gasteiger partial charge on any atom is 0.307 e. The van der Waals surface area contributed by atoms with Gasteiger partial charge in [-0.2, -0.15) is 0 Å². The van der Waals surface area contributed by atoms with Gasteiger partial charge >= 0.3 is 11.9 Å². The molecule has 0 N–H and O–H groups in total. The first-order valence-corrected chi connectivity index (χ1v) is 10.5. The van der Waals surface area contributed by atoms with Crippen LogP contribution in [0, 0.1) is 28.6 Å². The maximum atomic E-state index is 11.6. The number of allylic oxidation sites excluding steroid dienone is 4. The molecule has 4 aliphatic rings. The van der Waals surface area contributed by atoms with Crippen LogP contribution >= 0.6 is 0 Å². The lowest BCUT2D eigenvalue weighted by atomic mass is 9.48. The standard InChI is InChI=1S/C23H32O4/c1-14(24)26-17-9-11-22(3)16(13-17)5-6-18-19-7-8-21(27-15(2)25)23(19,4)12-10-20(18)22/h5,13,18-21H,6-12H2,1-4H3/t18-,19-,20+,21-,22+,23-/m0/s1. The molecule has 0 bridgehead atoms. The zero-order chi connectivity index (χ0) is 19.4. The molecule has 4 heteroatoms. The Morgan fingerprint density at radius 3 is 2.52 bits per heavy atom. The van der Waals surface area contributed by atoms with Crippen molar-refractivity contribution in [2.75, 3.05) is 0 Å². The van der Waals surface area contributed by atoms with Gasteiger partial charge in [0.2, 0.25) is 0 Å². The number of ether oxygens (including phenoxy) is 2. The largest absolute Gasteiger partial charge is 0.462 e. The Morgan fingerprint density at radius 2 is 1.81 bits per heavy atom. The molecule has 6 atom stereocenters. The molecule has 148 valence electrons. The van der Waals surface area contributed by atoms with Gasteiger partial charge in [-0.3, -0.25) is 9.59 Å². The first kappa shape index (κ1) is 18.8. The Morgan fingerprint density at radius 1 is 1.04 bits per heavy atom. The molecule has 0 saturated heterocycles. The van der Waals surface area contributed by atoms with E-state index in [-0.39, 0.29) is 28.9 Å². The summed E-state index contributed by atoms with van der Waals surface area (Å²) in [6.45, 7) is 7.78. The molecule has 0 amide bonds. The number of esters is 2. The quantitative estimate of drug-likeness (QED) is 0.644. The van der Waals surface area contributed by atoms with Crippen LogP contribution in [0.4, 0.5) is 0 Å². The summed E-state index contributed by atoms with van der Waals surface area (Å²) in [4.78, 5) is 22.9. The van der Waals surface area contributed by atoms with Gasteiger partial charge in [0, 0.05) is 25.7 Å². The molecular weight excluding hydrogens is 340 g/mol. The Balaban J connectivity index is 1.60. The molecule has 2 saturated carbocycles. The lowest BCUT2D eigenvalue weighted by Crippen LogP contribution is -2.50. The van der Waals surface area contributed by atoms with Gasteiger partial charge in [-0.25, -0.2) is 0 Å². The van der Waals surface area contributed by atoms with Crippen molar-refractivity contribution < 1.29 is 19.1 Å². The van der Waals surface area contributed by atoms with Crippen LogP contribution in [0.15, 0.2) is 23.5 Å². The van der Waals surface area contributed by atoms with Crippen LogP contribution in [-0.4, -0.2) is 18.0 Å². The molecule has 4 rings (SSSR count). The topological polar surface area (TPSA) is 52.6 Å². The minimum absolute atomic E-state index is 0.0842. The number of carbonyl (C=O) groups is 2. The van der Waals surface area contributed by atoms with Crippen molar-refractivity contribution in [2.45, 2.75) is 78.7 Å². The third-order valence-electron chi connectivity index (χ3n) is 8.23. The monoisotopic (exact) mass is 372 g/mol. The normalized spacial score (nSPS) is 42.8. The van der Waals surface area contributed by atoms with Crippen LogP contribution in [0.3, 0.4) is 0 Å². The predicted octanol–water partition coefficient (Wildman–Crippen LogP) is 4.94. The van der Waals surface area contributed by atoms with E-state index >= 15 is 0 Å². The van der Waals surface area contributed by atoms with Crippen molar-refractivity contribution in [2.24, 2.45) is 28.6 Å². The van der Waals surface area contributed by atoms with Crippen molar-refractivity contribution in [3.05, 3.63) is 23.5 Å². The summed E-state index contributed by atoms with van der Waals surface area (Å²) in [5.41, 5.74) is 1.67. The molecule has 0 unspecified atom stereocenters. The Bertz CT molecular complexity index is 720. The highest BCUT2D eigenvalue weighted by Crippen LogP contribution is 2.64. The van der Waals surface area contributed by atoms with Crippen LogP contribution in [0.1, 0.15) is 72.6 Å². The molecule has 0 aliphatic heterocycles. The first-order valence-electron chi connectivity index (χ1n) is 10.5. The number of rotatable bonds is 2. The molecular formula is C23H32O4. The van der Waals surface area contributed by atoms with E-state index in [1.807, 2.05) is 0 Å². The molecule has 2 fully saturated rings. The van der Waals surface area contributed by atoms with Crippen LogP contribution in [-0.2, 0) is 19.1 Å². The summed E-state index contributed by atoms with van der Waals surface area (Å²) in [6, 6.07) is 0. The Hall–Kier alpha value is -1.58. The smallest absolute Gasteiger partial charge is 0.307 e. The molecule has 0 spiro atoms. The first-order chi connectivity index (χ1) is 12.7. The minimum Gasteiger partial charge on any atom is -0.462 e. The summed E-state index contributed by atoms with van der Waals surface area (Å²) in [5.74, 6) is 2.42. The average molecular weight is 373 g/mol. The van der Waals surface area contributed by atoms with E-state index in [1.54, 1.807) is 0 Å². The van der Waals surface area contributed by atoms with Crippen LogP contribution in [0.2, 0.25) is 0 Å². The number of carbonyl (C=O) groups excluding carboxylic acids is 2. The van der Waals surface area contributed by atoms with E-state index in [2.05, 4.69) is 26.0 Å². The summed E-state index contributed by atoms with van der Waals surface area (Å²) in [5, 5.41) is 0. The van der Waals surface area contributed by atoms with Gasteiger partial charge in [-0.05, 0) is 73.3 Å². The van der Waals surface area contributed by atoms with Crippen LogP contribution in [0.25, 0.3) is 0 Å². The third-order valence-corrected chi connectivity index (χ3v) is 8.23. The molecule has 0 heterocycles. The number of hydrogen-bond acceptors (Lipinski definition) is 4. The lowest BCUT2D eigenvalue weighted by Gasteiger charge is -2.56. The SMILES string of the molecule is CC(=O)OC1=CC2=CC[C@@H]3[C@@H](CC[C@]4(C)[C@@H](OC(C)=O)CC[C@@H]34)[C@]2(C)CC1. The van der Waals surface area contributed by atoms with E-state index in [4.69, 9.17) is 9.47 Å². The van der Waals surface area contributed by atoms with Gasteiger partial charge in [0.1, 0.15) is 11.9 Å². The second-order valence-corrected chi connectivity index (χ2v) is 9.61. The molecule has 0 aromatic heterocycles. The maximum absolute atomic E-state index is 11.6. The average Bonchev–Trinajstić information content (AvgIpc) is 2.91. The van der Waals surface area contributed by atoms with Crippen molar-refractivity contribution in [1.82, 2.24) is 0 Å². The fourth-order valence-electron chi connectivity index (χ4n) is 6.91. The van der Waals surface area contributed by atoms with Gasteiger partial charge in [-0.1, -0.05) is 19.9 Å². The molecule has 4 aliphatic carbocycles. The fraction of sp³-hybridized carbons (Fsp3) is 0.739. The summed E-state index contributed by atoms with van der Waals surface area (Å²) < 4.78 is 11.1. The molecule has 0 aromatic rings. The van der Waals surface area contributed by atoms with Crippen molar-refractivity contribution in [3.8, 4) is 0 Å². The fourth-order valence-corrected chi connectivity index (χ4v) is 6.91. The highest BCUT2D eigenvalue weighted by atomic mass is 16.5. The molecule has 0 aromatic carbocycles. The van der Waals surface area contributed by atoms with Crippen LogP contribution < -0.4 is 0 Å². The second-order valence-electron chi connectivity index (χ2n) is 9.61. The zero-order valence-electron chi connectivity index (χ0n) is 17.0. The van der Waals surface area contributed by atoms with Gasteiger partial charge in [0.15, 0.2) is 0 Å². The van der Waals surface area contributed by atoms with Gasteiger partial charge in [-0.15, -0.1) is 0 Å². The van der Waals surface area contributed by atoms with Crippen molar-refractivity contribution >= 4 is 11.9 Å². The van der Waals surface area contributed by atoms with Crippen LogP contribution in [0.5, 0.6) is 0 Å². The molecule has 27 heavy (non-hydrogen) atoms. The number of fused-ring (bicyclic) bond motifs is 5. The molecule has 0 radical (unpaired) electrons. The zero-order valence-corrected chi connectivity index (χ0v) is 17.0. The summed E-state index contributed by atoms with van der Waals surface area (Å²) >= 11 is 0. The van der Waals surface area contributed by atoms with E-state index in [0.717, 1.165) is 37.9 Å². The van der Waals surface area contributed by atoms with E-state index in [0.29, 0.717) is 17.8 Å². The Labute approximate surface area is 162 Å². The summed E-state index contributed by atoms with van der Waals surface area (Å²) in [6.07, 6.45) is 12.1.